The largest absolute Gasteiger partial charge is 0.357 e. The molecular formula is C18H23N3. The molecule has 21 heavy (non-hydrogen) atoms. The SMILES string of the molecule is CCCN(CCC)c1[nH]c(-c2ccc(C)cc2)cc1C#N. The van der Waals surface area contributed by atoms with E-state index in [1.54, 1.807) is 0 Å². The highest BCUT2D eigenvalue weighted by molar-refractivity contribution is 5.69. The number of rotatable bonds is 6. The average molecular weight is 281 g/mol. The predicted octanol–water partition coefficient (Wildman–Crippen LogP) is 4.49. The molecule has 2 aromatic rings. The Kier molecular flexibility index (Phi) is 5.05. The molecule has 0 saturated heterocycles. The van der Waals surface area contributed by atoms with Gasteiger partial charge in [0.25, 0.3) is 0 Å². The molecule has 1 heterocycles. The summed E-state index contributed by atoms with van der Waals surface area (Å²) in [6.07, 6.45) is 2.15. The normalized spacial score (nSPS) is 10.4. The number of anilines is 1. The van der Waals surface area contributed by atoms with Gasteiger partial charge in [0.05, 0.1) is 5.56 Å². The van der Waals surface area contributed by atoms with Gasteiger partial charge in [-0.15, -0.1) is 0 Å². The van der Waals surface area contributed by atoms with Gasteiger partial charge in [-0.3, -0.25) is 0 Å². The monoisotopic (exact) mass is 281 g/mol. The Morgan fingerprint density at radius 3 is 2.24 bits per heavy atom. The molecule has 0 spiro atoms. The summed E-state index contributed by atoms with van der Waals surface area (Å²) in [6, 6.07) is 12.7. The van der Waals surface area contributed by atoms with Crippen LogP contribution in [-0.4, -0.2) is 18.1 Å². The number of hydrogen-bond donors (Lipinski definition) is 1. The van der Waals surface area contributed by atoms with Crippen molar-refractivity contribution in [3.8, 4) is 17.3 Å². The number of aromatic nitrogens is 1. The lowest BCUT2D eigenvalue weighted by Gasteiger charge is -2.22. The summed E-state index contributed by atoms with van der Waals surface area (Å²) in [7, 11) is 0. The Morgan fingerprint density at radius 1 is 1.10 bits per heavy atom. The van der Waals surface area contributed by atoms with Crippen molar-refractivity contribution >= 4 is 5.82 Å². The van der Waals surface area contributed by atoms with Gasteiger partial charge in [-0.05, 0) is 31.4 Å². The maximum Gasteiger partial charge on any atom is 0.124 e. The van der Waals surface area contributed by atoms with Gasteiger partial charge < -0.3 is 9.88 Å². The van der Waals surface area contributed by atoms with E-state index in [2.05, 4.69) is 61.0 Å². The Balaban J connectivity index is 2.38. The first-order chi connectivity index (χ1) is 10.2. The fraction of sp³-hybridized carbons (Fsp3) is 0.389. The van der Waals surface area contributed by atoms with Crippen molar-refractivity contribution in [3.63, 3.8) is 0 Å². The minimum atomic E-state index is 0.729. The molecule has 0 aliphatic heterocycles. The van der Waals surface area contributed by atoms with E-state index in [1.165, 1.54) is 5.56 Å². The number of benzene rings is 1. The number of nitriles is 1. The van der Waals surface area contributed by atoms with Gasteiger partial charge in [0, 0.05) is 18.8 Å². The van der Waals surface area contributed by atoms with Gasteiger partial charge in [-0.1, -0.05) is 43.7 Å². The van der Waals surface area contributed by atoms with Crippen LogP contribution in [0.5, 0.6) is 0 Å². The van der Waals surface area contributed by atoms with E-state index in [1.807, 2.05) is 6.07 Å². The van der Waals surface area contributed by atoms with E-state index in [0.29, 0.717) is 0 Å². The summed E-state index contributed by atoms with van der Waals surface area (Å²) < 4.78 is 0. The molecule has 0 aliphatic rings. The van der Waals surface area contributed by atoms with Crippen LogP contribution in [0.2, 0.25) is 0 Å². The average Bonchev–Trinajstić information content (AvgIpc) is 2.92. The molecule has 1 aromatic carbocycles. The summed E-state index contributed by atoms with van der Waals surface area (Å²) in [4.78, 5) is 5.72. The molecule has 0 bridgehead atoms. The first-order valence-electron chi connectivity index (χ1n) is 7.64. The summed E-state index contributed by atoms with van der Waals surface area (Å²) in [6.45, 7) is 8.35. The summed E-state index contributed by atoms with van der Waals surface area (Å²) in [5, 5.41) is 9.41. The lowest BCUT2D eigenvalue weighted by Crippen LogP contribution is -2.25. The molecule has 3 heteroatoms. The Hall–Kier alpha value is -2.21. The number of nitrogens with one attached hydrogen (secondary N) is 1. The first kappa shape index (κ1) is 15.2. The molecule has 110 valence electrons. The van der Waals surface area contributed by atoms with Crippen molar-refractivity contribution in [2.45, 2.75) is 33.6 Å². The lowest BCUT2D eigenvalue weighted by atomic mass is 10.1. The number of aryl methyl sites for hydroxylation is 1. The van der Waals surface area contributed by atoms with E-state index in [0.717, 1.165) is 48.6 Å². The first-order valence-corrected chi connectivity index (χ1v) is 7.64. The number of H-pyrrole nitrogens is 1. The second-order valence-electron chi connectivity index (χ2n) is 5.41. The van der Waals surface area contributed by atoms with E-state index in [4.69, 9.17) is 0 Å². The minimum absolute atomic E-state index is 0.729. The predicted molar refractivity (Wildman–Crippen MR) is 88.5 cm³/mol. The van der Waals surface area contributed by atoms with Crippen molar-refractivity contribution < 1.29 is 0 Å². The third-order valence-corrected chi connectivity index (χ3v) is 3.58. The summed E-state index contributed by atoms with van der Waals surface area (Å²) in [5.74, 6) is 0.955. The molecule has 0 amide bonds. The van der Waals surface area contributed by atoms with Crippen LogP contribution in [0, 0.1) is 18.3 Å². The van der Waals surface area contributed by atoms with Crippen LogP contribution >= 0.6 is 0 Å². The van der Waals surface area contributed by atoms with Gasteiger partial charge >= 0.3 is 0 Å². The molecule has 0 aliphatic carbocycles. The second kappa shape index (κ2) is 6.99. The van der Waals surface area contributed by atoms with Crippen LogP contribution in [0.15, 0.2) is 30.3 Å². The van der Waals surface area contributed by atoms with Gasteiger partial charge in [0.1, 0.15) is 11.9 Å². The van der Waals surface area contributed by atoms with E-state index in [-0.39, 0.29) is 0 Å². The van der Waals surface area contributed by atoms with Crippen molar-refractivity contribution in [3.05, 3.63) is 41.5 Å². The van der Waals surface area contributed by atoms with Gasteiger partial charge in [-0.25, -0.2) is 0 Å². The smallest absolute Gasteiger partial charge is 0.124 e. The molecule has 2 rings (SSSR count). The number of hydrogen-bond acceptors (Lipinski definition) is 2. The van der Waals surface area contributed by atoms with Crippen molar-refractivity contribution in [2.75, 3.05) is 18.0 Å². The highest BCUT2D eigenvalue weighted by atomic mass is 15.2. The van der Waals surface area contributed by atoms with Crippen molar-refractivity contribution in [2.24, 2.45) is 0 Å². The Bertz CT molecular complexity index is 611. The maximum atomic E-state index is 9.41. The fourth-order valence-corrected chi connectivity index (χ4v) is 2.54. The van der Waals surface area contributed by atoms with Gasteiger partial charge in [0.15, 0.2) is 0 Å². The van der Waals surface area contributed by atoms with Crippen LogP contribution in [0.1, 0.15) is 37.8 Å². The third-order valence-electron chi connectivity index (χ3n) is 3.58. The van der Waals surface area contributed by atoms with Crippen molar-refractivity contribution in [1.82, 2.24) is 4.98 Å². The molecular weight excluding hydrogens is 258 g/mol. The maximum absolute atomic E-state index is 9.41. The zero-order chi connectivity index (χ0) is 15.2. The van der Waals surface area contributed by atoms with Crippen LogP contribution < -0.4 is 4.90 Å². The minimum Gasteiger partial charge on any atom is -0.357 e. The third kappa shape index (κ3) is 3.46. The van der Waals surface area contributed by atoms with Crippen molar-refractivity contribution in [1.29, 1.82) is 5.26 Å². The van der Waals surface area contributed by atoms with E-state index < -0.39 is 0 Å². The molecule has 1 N–H and O–H groups in total. The summed E-state index contributed by atoms with van der Waals surface area (Å²) in [5.41, 5.74) is 4.10. The van der Waals surface area contributed by atoms with E-state index in [9.17, 15) is 5.26 Å². The van der Waals surface area contributed by atoms with Crippen LogP contribution in [-0.2, 0) is 0 Å². The van der Waals surface area contributed by atoms with E-state index >= 15 is 0 Å². The quantitative estimate of drug-likeness (QED) is 0.847. The molecule has 0 radical (unpaired) electrons. The van der Waals surface area contributed by atoms with Gasteiger partial charge in [0.2, 0.25) is 0 Å². The van der Waals surface area contributed by atoms with Crippen LogP contribution in [0.4, 0.5) is 5.82 Å². The lowest BCUT2D eigenvalue weighted by molar-refractivity contribution is 0.736. The molecule has 0 saturated carbocycles. The Labute approximate surface area is 127 Å². The molecule has 3 nitrogen and oxygen atoms in total. The van der Waals surface area contributed by atoms with Crippen LogP contribution in [0.3, 0.4) is 0 Å². The molecule has 0 unspecified atom stereocenters. The van der Waals surface area contributed by atoms with Gasteiger partial charge in [-0.2, -0.15) is 5.26 Å². The standard InChI is InChI=1S/C18H23N3/c1-4-10-21(11-5-2)18-16(13-19)12-17(20-18)15-8-6-14(3)7-9-15/h6-9,12,20H,4-5,10-11H2,1-3H3. The molecule has 0 fully saturated rings. The highest BCUT2D eigenvalue weighted by Crippen LogP contribution is 2.27. The highest BCUT2D eigenvalue weighted by Gasteiger charge is 2.14. The molecule has 0 atom stereocenters. The zero-order valence-electron chi connectivity index (χ0n) is 13.1. The number of aromatic amines is 1. The fourth-order valence-electron chi connectivity index (χ4n) is 2.54. The number of nitrogens with zero attached hydrogens (tertiary/aromatic N) is 2. The second-order valence-corrected chi connectivity index (χ2v) is 5.41. The van der Waals surface area contributed by atoms with Crippen LogP contribution in [0.25, 0.3) is 11.3 Å². The summed E-state index contributed by atoms with van der Waals surface area (Å²) >= 11 is 0. The topological polar surface area (TPSA) is 42.8 Å². The Morgan fingerprint density at radius 2 is 1.71 bits per heavy atom. The zero-order valence-corrected chi connectivity index (χ0v) is 13.1. The molecule has 1 aromatic heterocycles.